The minimum atomic E-state index is 1.29. The van der Waals surface area contributed by atoms with E-state index in [-0.39, 0.29) is 0 Å². The summed E-state index contributed by atoms with van der Waals surface area (Å²) in [6, 6.07) is 0. The van der Waals surface area contributed by atoms with E-state index in [0.29, 0.717) is 0 Å². The Morgan fingerprint density at radius 3 is 0.621 bits per heavy atom. The second-order valence-electron chi connectivity index (χ2n) is 9.63. The van der Waals surface area contributed by atoms with E-state index >= 15 is 0 Å². The largest absolute Gasteiger partial charge is 0.138 e. The summed E-state index contributed by atoms with van der Waals surface area (Å²) >= 11 is 0. The quantitative estimate of drug-likeness (QED) is 0.0952. The maximum Gasteiger partial charge on any atom is -0.0381 e. The van der Waals surface area contributed by atoms with Crippen molar-refractivity contribution in [3.8, 4) is 0 Å². The van der Waals surface area contributed by atoms with E-state index in [1.54, 1.807) is 0 Å². The highest BCUT2D eigenvalue weighted by atomic mass is 31.0. The van der Waals surface area contributed by atoms with Crippen LogP contribution in [0.3, 0.4) is 0 Å². The molecule has 176 valence electrons. The summed E-state index contributed by atoms with van der Waals surface area (Å²) in [4.78, 5) is 0. The molecule has 0 amide bonds. The number of hydrogen-bond acceptors (Lipinski definition) is 0. The molecule has 1 atom stereocenters. The molecule has 0 aromatic heterocycles. The van der Waals surface area contributed by atoms with Gasteiger partial charge in [0.05, 0.1) is 0 Å². The van der Waals surface area contributed by atoms with Gasteiger partial charge in [-0.05, 0) is 12.6 Å². The van der Waals surface area contributed by atoms with Crippen molar-refractivity contribution in [3.05, 3.63) is 0 Å². The van der Waals surface area contributed by atoms with Gasteiger partial charge in [0.2, 0.25) is 0 Å². The predicted octanol–water partition coefficient (Wildman–Crippen LogP) is 11.0. The van der Waals surface area contributed by atoms with Crippen LogP contribution in [0.4, 0.5) is 0 Å². The van der Waals surface area contributed by atoms with Crippen LogP contribution in [0.25, 0.3) is 0 Å². The molecular weight excluding hydrogens is 367 g/mol. The SMILES string of the molecule is CCCCCCCCCCCCCCCCCCCCCCCCCCCCP. The van der Waals surface area contributed by atoms with Gasteiger partial charge in [-0.2, -0.15) is 0 Å². The number of unbranched alkanes of at least 4 members (excludes halogenated alkanes) is 25. The lowest BCUT2D eigenvalue weighted by Gasteiger charge is -2.04. The second-order valence-corrected chi connectivity index (χ2v) is 10.2. The molecular formula is C28H59P. The van der Waals surface area contributed by atoms with Crippen LogP contribution in [-0.2, 0) is 0 Å². The predicted molar refractivity (Wildman–Crippen MR) is 140 cm³/mol. The van der Waals surface area contributed by atoms with E-state index in [1.165, 1.54) is 173 Å². The van der Waals surface area contributed by atoms with Crippen molar-refractivity contribution in [2.45, 2.75) is 174 Å². The molecule has 0 saturated heterocycles. The fourth-order valence-corrected chi connectivity index (χ4v) is 4.75. The average Bonchev–Trinajstić information content (AvgIpc) is 2.74. The van der Waals surface area contributed by atoms with E-state index in [1.807, 2.05) is 0 Å². The molecule has 0 N–H and O–H groups in total. The molecule has 0 aliphatic heterocycles. The Labute approximate surface area is 189 Å². The standard InChI is InChI=1S/C28H59P/c1-2-3-4-5-6-7-8-9-10-11-12-13-14-15-16-17-18-19-20-21-22-23-24-25-26-27-28-29/h2-29H2,1H3. The second kappa shape index (κ2) is 28.4. The molecule has 0 aromatic carbocycles. The Balaban J connectivity index is 2.97. The van der Waals surface area contributed by atoms with Gasteiger partial charge in [0.1, 0.15) is 0 Å². The third-order valence-electron chi connectivity index (χ3n) is 6.56. The van der Waals surface area contributed by atoms with Crippen LogP contribution in [-0.4, -0.2) is 6.16 Å². The lowest BCUT2D eigenvalue weighted by Crippen LogP contribution is -1.84. The molecule has 0 nitrogen and oxygen atoms in total. The van der Waals surface area contributed by atoms with Crippen LogP contribution in [0.5, 0.6) is 0 Å². The van der Waals surface area contributed by atoms with E-state index in [4.69, 9.17) is 0 Å². The van der Waals surface area contributed by atoms with Crippen LogP contribution in [0, 0.1) is 0 Å². The van der Waals surface area contributed by atoms with Crippen LogP contribution in [0.15, 0.2) is 0 Å². The lowest BCUT2D eigenvalue weighted by molar-refractivity contribution is 0.516. The average molecular weight is 427 g/mol. The molecule has 1 unspecified atom stereocenters. The van der Waals surface area contributed by atoms with Gasteiger partial charge in [-0.15, -0.1) is 9.24 Å². The highest BCUT2D eigenvalue weighted by Gasteiger charge is 1.96. The molecule has 0 bridgehead atoms. The van der Waals surface area contributed by atoms with Gasteiger partial charge in [0, 0.05) is 0 Å². The Morgan fingerprint density at radius 2 is 0.448 bits per heavy atom. The van der Waals surface area contributed by atoms with Crippen molar-refractivity contribution in [2.75, 3.05) is 6.16 Å². The van der Waals surface area contributed by atoms with Gasteiger partial charge in [-0.3, -0.25) is 0 Å². The van der Waals surface area contributed by atoms with Crippen LogP contribution >= 0.6 is 9.24 Å². The first kappa shape index (κ1) is 29.4. The number of hydrogen-bond donors (Lipinski definition) is 0. The summed E-state index contributed by atoms with van der Waals surface area (Å²) in [6.45, 7) is 2.30. The normalized spacial score (nSPS) is 11.4. The third-order valence-corrected chi connectivity index (χ3v) is 6.97. The smallest absolute Gasteiger partial charge is 0.0381 e. The van der Waals surface area contributed by atoms with Crippen molar-refractivity contribution in [3.63, 3.8) is 0 Å². The molecule has 0 saturated carbocycles. The summed E-state index contributed by atoms with van der Waals surface area (Å²) in [5, 5.41) is 0. The maximum absolute atomic E-state index is 2.84. The summed E-state index contributed by atoms with van der Waals surface area (Å²) in [5.41, 5.74) is 0. The first-order valence-corrected chi connectivity index (χ1v) is 14.9. The van der Waals surface area contributed by atoms with E-state index in [0.717, 1.165) is 0 Å². The lowest BCUT2D eigenvalue weighted by atomic mass is 10.0. The molecule has 0 aliphatic carbocycles. The fourth-order valence-electron chi connectivity index (χ4n) is 4.46. The molecule has 0 fully saturated rings. The molecule has 0 rings (SSSR count). The molecule has 0 aliphatic rings. The Morgan fingerprint density at radius 1 is 0.276 bits per heavy atom. The van der Waals surface area contributed by atoms with Crippen molar-refractivity contribution < 1.29 is 0 Å². The van der Waals surface area contributed by atoms with Crippen LogP contribution in [0.1, 0.15) is 174 Å². The fraction of sp³-hybridized carbons (Fsp3) is 1.00. The highest BCUT2D eigenvalue weighted by molar-refractivity contribution is 7.16. The van der Waals surface area contributed by atoms with Gasteiger partial charge in [0.15, 0.2) is 0 Å². The van der Waals surface area contributed by atoms with E-state index in [9.17, 15) is 0 Å². The first-order valence-electron chi connectivity index (χ1n) is 14.1. The molecule has 29 heavy (non-hydrogen) atoms. The molecule has 0 heterocycles. The first-order chi connectivity index (χ1) is 14.4. The highest BCUT2D eigenvalue weighted by Crippen LogP contribution is 2.15. The van der Waals surface area contributed by atoms with Crippen LogP contribution in [0.2, 0.25) is 0 Å². The number of rotatable bonds is 26. The van der Waals surface area contributed by atoms with Crippen molar-refractivity contribution in [1.82, 2.24) is 0 Å². The molecule has 0 radical (unpaired) electrons. The van der Waals surface area contributed by atoms with Crippen molar-refractivity contribution in [2.24, 2.45) is 0 Å². The Hall–Kier alpha value is 0.430. The third kappa shape index (κ3) is 28.4. The Kier molecular flexibility index (Phi) is 28.9. The van der Waals surface area contributed by atoms with E-state index < -0.39 is 0 Å². The zero-order chi connectivity index (χ0) is 21.1. The summed E-state index contributed by atoms with van der Waals surface area (Å²) in [6.07, 6.45) is 39.7. The summed E-state index contributed by atoms with van der Waals surface area (Å²) < 4.78 is 0. The molecule has 0 aromatic rings. The summed E-state index contributed by atoms with van der Waals surface area (Å²) in [7, 11) is 2.84. The van der Waals surface area contributed by atoms with Gasteiger partial charge in [-0.25, -0.2) is 0 Å². The topological polar surface area (TPSA) is 0 Å². The zero-order valence-electron chi connectivity index (χ0n) is 20.7. The van der Waals surface area contributed by atoms with Gasteiger partial charge >= 0.3 is 0 Å². The van der Waals surface area contributed by atoms with Gasteiger partial charge < -0.3 is 0 Å². The minimum Gasteiger partial charge on any atom is -0.138 e. The zero-order valence-corrected chi connectivity index (χ0v) is 21.8. The van der Waals surface area contributed by atoms with Crippen LogP contribution < -0.4 is 0 Å². The van der Waals surface area contributed by atoms with E-state index in [2.05, 4.69) is 16.2 Å². The molecule has 0 spiro atoms. The summed E-state index contributed by atoms with van der Waals surface area (Å²) in [5.74, 6) is 0. The monoisotopic (exact) mass is 426 g/mol. The molecule has 1 heteroatoms. The van der Waals surface area contributed by atoms with Gasteiger partial charge in [-0.1, -0.05) is 167 Å². The van der Waals surface area contributed by atoms with Gasteiger partial charge in [0.25, 0.3) is 0 Å². The Bertz CT molecular complexity index is 237. The minimum absolute atomic E-state index is 1.29. The maximum atomic E-state index is 2.84. The van der Waals surface area contributed by atoms with Crippen molar-refractivity contribution >= 4 is 9.24 Å². The van der Waals surface area contributed by atoms with Crippen molar-refractivity contribution in [1.29, 1.82) is 0 Å².